The van der Waals surface area contributed by atoms with Crippen molar-refractivity contribution in [1.82, 2.24) is 4.31 Å². The summed E-state index contributed by atoms with van der Waals surface area (Å²) < 4.78 is 32.1. The van der Waals surface area contributed by atoms with E-state index >= 15 is 0 Å². The van der Waals surface area contributed by atoms with Gasteiger partial charge in [0.15, 0.2) is 0 Å². The van der Waals surface area contributed by atoms with Gasteiger partial charge >= 0.3 is 0 Å². The maximum Gasteiger partial charge on any atom is 0.246 e. The van der Waals surface area contributed by atoms with Gasteiger partial charge in [0.05, 0.1) is 5.88 Å². The molecule has 0 radical (unpaired) electrons. The highest BCUT2D eigenvalue weighted by Crippen LogP contribution is 2.31. The fourth-order valence-electron chi connectivity index (χ4n) is 2.50. The van der Waals surface area contributed by atoms with Crippen LogP contribution in [0.3, 0.4) is 0 Å². The minimum absolute atomic E-state index is 0.185. The second-order valence-electron chi connectivity index (χ2n) is 5.42. The monoisotopic (exact) mass is 305 g/mol. The molecule has 1 unspecified atom stereocenters. The highest BCUT2D eigenvalue weighted by Gasteiger charge is 2.35. The Hall–Kier alpha value is -0.520. The van der Waals surface area contributed by atoms with Gasteiger partial charge in [0.25, 0.3) is 0 Å². The number of halogens is 1. The Balaban J connectivity index is 2.26. The third-order valence-corrected chi connectivity index (χ3v) is 6.04. The summed E-state index contributed by atoms with van der Waals surface area (Å²) in [5, 5.41) is 0. The molecule has 0 amide bonds. The molecular weight excluding hydrogens is 286 g/mol. The molecule has 0 saturated carbocycles. The molecule has 2 rings (SSSR count). The lowest BCUT2D eigenvalue weighted by Crippen LogP contribution is -2.29. The van der Waals surface area contributed by atoms with Gasteiger partial charge in [0, 0.05) is 19.2 Å². The fourth-order valence-corrected chi connectivity index (χ4v) is 4.33. The Kier molecular flexibility index (Phi) is 4.28. The predicted molar refractivity (Wildman–Crippen MR) is 74.7 cm³/mol. The molecule has 1 aliphatic heterocycles. The van der Waals surface area contributed by atoms with Crippen LogP contribution in [0.2, 0.25) is 0 Å². The first-order chi connectivity index (χ1) is 8.86. The van der Waals surface area contributed by atoms with Gasteiger partial charge in [-0.2, -0.15) is 4.31 Å². The first kappa shape index (κ1) is 14.9. The van der Waals surface area contributed by atoms with Crippen molar-refractivity contribution in [3.05, 3.63) is 17.6 Å². The SMILES string of the molecule is Cc1oc(CCl)cc1S(=O)(=O)N1CCC(C(C)C)C1. The molecule has 1 aromatic rings. The molecule has 4 nitrogen and oxygen atoms in total. The number of alkyl halides is 1. The molecule has 0 aliphatic carbocycles. The summed E-state index contributed by atoms with van der Waals surface area (Å²) >= 11 is 5.68. The molecule has 0 aromatic carbocycles. The topological polar surface area (TPSA) is 50.5 Å². The van der Waals surface area contributed by atoms with E-state index in [1.807, 2.05) is 0 Å². The van der Waals surface area contributed by atoms with Crippen molar-refractivity contribution < 1.29 is 12.8 Å². The van der Waals surface area contributed by atoms with Crippen LogP contribution in [0.1, 0.15) is 31.8 Å². The van der Waals surface area contributed by atoms with E-state index in [4.69, 9.17) is 16.0 Å². The Morgan fingerprint density at radius 2 is 2.21 bits per heavy atom. The summed E-state index contributed by atoms with van der Waals surface area (Å²) in [6.45, 7) is 7.12. The van der Waals surface area contributed by atoms with E-state index < -0.39 is 10.0 Å². The second kappa shape index (κ2) is 5.46. The molecule has 2 heterocycles. The van der Waals surface area contributed by atoms with Crippen LogP contribution in [-0.4, -0.2) is 25.8 Å². The summed E-state index contributed by atoms with van der Waals surface area (Å²) in [7, 11) is -3.44. The quantitative estimate of drug-likeness (QED) is 0.804. The summed E-state index contributed by atoms with van der Waals surface area (Å²) in [4.78, 5) is 0.257. The lowest BCUT2D eigenvalue weighted by atomic mass is 9.96. The number of hydrogen-bond acceptors (Lipinski definition) is 3. The molecule has 1 atom stereocenters. The Labute approximate surface area is 119 Å². The van der Waals surface area contributed by atoms with Crippen molar-refractivity contribution in [2.75, 3.05) is 13.1 Å². The highest BCUT2D eigenvalue weighted by atomic mass is 35.5. The summed E-state index contributed by atoms with van der Waals surface area (Å²) in [6, 6.07) is 1.54. The molecule has 6 heteroatoms. The maximum atomic E-state index is 12.6. The average Bonchev–Trinajstić information content (AvgIpc) is 2.95. The van der Waals surface area contributed by atoms with Crippen molar-refractivity contribution in [3.63, 3.8) is 0 Å². The minimum Gasteiger partial charge on any atom is -0.464 e. The zero-order valence-corrected chi connectivity index (χ0v) is 13.1. The number of rotatable bonds is 4. The summed E-state index contributed by atoms with van der Waals surface area (Å²) in [6.07, 6.45) is 0.927. The molecule has 1 fully saturated rings. The third-order valence-electron chi connectivity index (χ3n) is 3.80. The van der Waals surface area contributed by atoms with Gasteiger partial charge in [0.2, 0.25) is 10.0 Å². The smallest absolute Gasteiger partial charge is 0.246 e. The average molecular weight is 306 g/mol. The predicted octanol–water partition coefficient (Wildman–Crippen LogP) is 2.99. The fraction of sp³-hybridized carbons (Fsp3) is 0.692. The maximum absolute atomic E-state index is 12.6. The molecule has 0 N–H and O–H groups in total. The molecule has 1 aliphatic rings. The van der Waals surface area contributed by atoms with E-state index in [1.165, 1.54) is 0 Å². The molecule has 108 valence electrons. The van der Waals surface area contributed by atoms with Crippen LogP contribution < -0.4 is 0 Å². The number of sulfonamides is 1. The Morgan fingerprint density at radius 1 is 1.53 bits per heavy atom. The van der Waals surface area contributed by atoms with Crippen LogP contribution in [0, 0.1) is 18.8 Å². The lowest BCUT2D eigenvalue weighted by molar-refractivity contribution is 0.388. The van der Waals surface area contributed by atoms with E-state index in [9.17, 15) is 8.42 Å². The van der Waals surface area contributed by atoms with E-state index in [1.54, 1.807) is 17.3 Å². The molecule has 19 heavy (non-hydrogen) atoms. The number of aryl methyl sites for hydroxylation is 1. The molecular formula is C13H20ClNO3S. The van der Waals surface area contributed by atoms with Crippen LogP contribution in [0.5, 0.6) is 0 Å². The Morgan fingerprint density at radius 3 is 2.68 bits per heavy atom. The molecule has 1 saturated heterocycles. The Bertz CT molecular complexity index is 550. The van der Waals surface area contributed by atoms with Crippen LogP contribution in [-0.2, 0) is 15.9 Å². The van der Waals surface area contributed by atoms with E-state index in [2.05, 4.69) is 13.8 Å². The van der Waals surface area contributed by atoms with E-state index in [0.717, 1.165) is 6.42 Å². The lowest BCUT2D eigenvalue weighted by Gasteiger charge is -2.17. The van der Waals surface area contributed by atoms with Crippen molar-refractivity contribution in [1.29, 1.82) is 0 Å². The van der Waals surface area contributed by atoms with Crippen LogP contribution in [0.4, 0.5) is 0 Å². The van der Waals surface area contributed by atoms with Crippen LogP contribution in [0.15, 0.2) is 15.4 Å². The number of nitrogens with zero attached hydrogens (tertiary/aromatic N) is 1. The van der Waals surface area contributed by atoms with Gasteiger partial charge in [0.1, 0.15) is 16.4 Å². The summed E-state index contributed by atoms with van der Waals surface area (Å²) in [5.41, 5.74) is 0. The van der Waals surface area contributed by atoms with Gasteiger partial charge in [-0.3, -0.25) is 0 Å². The molecule has 0 bridgehead atoms. The van der Waals surface area contributed by atoms with Crippen LogP contribution >= 0.6 is 11.6 Å². The van der Waals surface area contributed by atoms with Gasteiger partial charge in [-0.1, -0.05) is 13.8 Å². The van der Waals surface area contributed by atoms with Gasteiger partial charge in [-0.15, -0.1) is 11.6 Å². The normalized spacial score (nSPS) is 21.4. The van der Waals surface area contributed by atoms with Crippen molar-refractivity contribution in [3.8, 4) is 0 Å². The minimum atomic E-state index is -3.44. The number of hydrogen-bond donors (Lipinski definition) is 0. The van der Waals surface area contributed by atoms with Crippen molar-refractivity contribution >= 4 is 21.6 Å². The first-order valence-electron chi connectivity index (χ1n) is 6.51. The number of furan rings is 1. The highest BCUT2D eigenvalue weighted by molar-refractivity contribution is 7.89. The van der Waals surface area contributed by atoms with Crippen molar-refractivity contribution in [2.45, 2.75) is 38.0 Å². The summed E-state index contributed by atoms with van der Waals surface area (Å²) in [5.74, 6) is 2.05. The molecule has 1 aromatic heterocycles. The standard InChI is InChI=1S/C13H20ClNO3S/c1-9(2)11-4-5-15(8-11)19(16,17)13-6-12(7-14)18-10(13)3/h6,9,11H,4-5,7-8H2,1-3H3. The first-order valence-corrected chi connectivity index (χ1v) is 8.49. The van der Waals surface area contributed by atoms with Gasteiger partial charge in [-0.05, 0) is 25.2 Å². The van der Waals surface area contributed by atoms with Crippen molar-refractivity contribution in [2.24, 2.45) is 11.8 Å². The largest absolute Gasteiger partial charge is 0.464 e. The van der Waals surface area contributed by atoms with Gasteiger partial charge in [-0.25, -0.2) is 8.42 Å². The zero-order valence-electron chi connectivity index (χ0n) is 11.5. The van der Waals surface area contributed by atoms with E-state index in [0.29, 0.717) is 36.4 Å². The second-order valence-corrected chi connectivity index (χ2v) is 7.60. The van der Waals surface area contributed by atoms with E-state index in [-0.39, 0.29) is 10.8 Å². The van der Waals surface area contributed by atoms with Gasteiger partial charge < -0.3 is 4.42 Å². The van der Waals surface area contributed by atoms with Crippen LogP contribution in [0.25, 0.3) is 0 Å². The zero-order chi connectivity index (χ0) is 14.2. The third kappa shape index (κ3) is 2.83. The molecule has 0 spiro atoms.